The maximum atomic E-state index is 13.8. The molecule has 0 unspecified atom stereocenters. The van der Waals surface area contributed by atoms with Gasteiger partial charge in [0, 0.05) is 41.2 Å². The predicted octanol–water partition coefficient (Wildman–Crippen LogP) is 5.73. The van der Waals surface area contributed by atoms with Crippen molar-refractivity contribution in [2.24, 2.45) is 0 Å². The third-order valence-electron chi connectivity index (χ3n) is 6.79. The van der Waals surface area contributed by atoms with Crippen molar-refractivity contribution in [2.75, 3.05) is 28.8 Å². The minimum absolute atomic E-state index is 0.0257. The molecule has 3 aromatic rings. The first-order valence-corrected chi connectivity index (χ1v) is 14.1. The summed E-state index contributed by atoms with van der Waals surface area (Å²) in [7, 11) is -3.91. The molecule has 2 aliphatic rings. The molecular formula is C27H26Cl2N2O5S. The number of nitrogens with zero attached hydrogens (tertiary/aromatic N) is 2. The number of carboxylic acid groups (broad SMARTS) is 1. The van der Waals surface area contributed by atoms with Crippen LogP contribution in [0, 0.1) is 6.92 Å². The van der Waals surface area contributed by atoms with Gasteiger partial charge in [-0.05, 0) is 66.9 Å². The first kappa shape index (κ1) is 25.7. The fourth-order valence-electron chi connectivity index (χ4n) is 4.84. The summed E-state index contributed by atoms with van der Waals surface area (Å²) in [6.45, 7) is 3.24. The summed E-state index contributed by atoms with van der Waals surface area (Å²) in [6.07, 6.45) is -0.497. The summed E-state index contributed by atoms with van der Waals surface area (Å²) in [6, 6.07) is 17.7. The predicted molar refractivity (Wildman–Crippen MR) is 145 cm³/mol. The molecule has 0 aliphatic carbocycles. The van der Waals surface area contributed by atoms with E-state index < -0.39 is 22.1 Å². The monoisotopic (exact) mass is 560 g/mol. The van der Waals surface area contributed by atoms with Crippen molar-refractivity contribution in [2.45, 2.75) is 36.7 Å². The first-order chi connectivity index (χ1) is 17.6. The van der Waals surface area contributed by atoms with E-state index in [2.05, 4.69) is 4.90 Å². The second-order valence-corrected chi connectivity index (χ2v) is 12.1. The van der Waals surface area contributed by atoms with Gasteiger partial charge in [0.2, 0.25) is 0 Å². The number of hydrogen-bond acceptors (Lipinski definition) is 5. The van der Waals surface area contributed by atoms with E-state index in [1.165, 1.54) is 4.31 Å². The molecule has 1 fully saturated rings. The van der Waals surface area contributed by atoms with Gasteiger partial charge in [0.25, 0.3) is 10.0 Å². The maximum absolute atomic E-state index is 13.8. The number of halogens is 2. The number of ether oxygens (including phenoxy) is 1. The summed E-state index contributed by atoms with van der Waals surface area (Å²) in [5.74, 6) is -0.377. The molecule has 0 spiro atoms. The summed E-state index contributed by atoms with van der Waals surface area (Å²) in [4.78, 5) is 13.5. The fraction of sp³-hybridized carbons (Fsp3) is 0.296. The van der Waals surface area contributed by atoms with Crippen molar-refractivity contribution in [3.05, 3.63) is 81.8 Å². The molecule has 2 aliphatic heterocycles. The van der Waals surface area contributed by atoms with Gasteiger partial charge in [-0.1, -0.05) is 41.4 Å². The zero-order chi connectivity index (χ0) is 26.3. The van der Waals surface area contributed by atoms with Gasteiger partial charge in [-0.2, -0.15) is 0 Å². The molecule has 37 heavy (non-hydrogen) atoms. The van der Waals surface area contributed by atoms with Crippen molar-refractivity contribution >= 4 is 50.6 Å². The van der Waals surface area contributed by atoms with Crippen molar-refractivity contribution < 1.29 is 23.1 Å². The zero-order valence-electron chi connectivity index (χ0n) is 20.1. The lowest BCUT2D eigenvalue weighted by atomic mass is 9.90. The van der Waals surface area contributed by atoms with Crippen molar-refractivity contribution in [3.8, 4) is 5.75 Å². The summed E-state index contributed by atoms with van der Waals surface area (Å²) in [5.41, 5.74) is 3.05. The number of carboxylic acids is 1. The number of aliphatic carboxylic acids is 1. The Hall–Kier alpha value is -2.94. The maximum Gasteiger partial charge on any atom is 0.303 e. The zero-order valence-corrected chi connectivity index (χ0v) is 22.4. The van der Waals surface area contributed by atoms with Crippen molar-refractivity contribution in [3.63, 3.8) is 0 Å². The third kappa shape index (κ3) is 5.10. The summed E-state index contributed by atoms with van der Waals surface area (Å²) >= 11 is 12.8. The van der Waals surface area contributed by atoms with E-state index in [1.807, 2.05) is 43.3 Å². The fourth-order valence-corrected chi connectivity index (χ4v) is 7.15. The molecule has 2 heterocycles. The normalized spacial score (nSPS) is 17.6. The molecule has 0 bridgehead atoms. The lowest BCUT2D eigenvalue weighted by Gasteiger charge is -2.43. The molecule has 1 saturated heterocycles. The highest BCUT2D eigenvalue weighted by atomic mass is 35.5. The van der Waals surface area contributed by atoms with Crippen molar-refractivity contribution in [1.29, 1.82) is 0 Å². The lowest BCUT2D eigenvalue weighted by molar-refractivity contribution is -0.137. The number of benzene rings is 3. The molecule has 7 nitrogen and oxygen atoms in total. The highest BCUT2D eigenvalue weighted by molar-refractivity contribution is 7.92. The minimum atomic E-state index is -3.91. The van der Waals surface area contributed by atoms with Gasteiger partial charge in [-0.3, -0.25) is 9.10 Å². The molecule has 3 aromatic carbocycles. The van der Waals surface area contributed by atoms with Crippen LogP contribution in [0.4, 0.5) is 11.4 Å². The van der Waals surface area contributed by atoms with Gasteiger partial charge < -0.3 is 14.7 Å². The van der Waals surface area contributed by atoms with Crippen LogP contribution in [-0.2, 0) is 14.8 Å². The first-order valence-electron chi connectivity index (χ1n) is 11.9. The second kappa shape index (κ2) is 10.1. The topological polar surface area (TPSA) is 87.2 Å². The largest absolute Gasteiger partial charge is 0.486 e. The van der Waals surface area contributed by atoms with Crippen LogP contribution in [0.3, 0.4) is 0 Å². The van der Waals surface area contributed by atoms with E-state index in [1.54, 1.807) is 24.3 Å². The Bertz CT molecular complexity index is 1440. The SMILES string of the molecule is Cc1cccc(S(=O)(=O)N2C[C@H](CCC(=O)O)Oc3ccc(N4CC(c5c(Cl)cccc5Cl)C4)cc32)c1. The van der Waals surface area contributed by atoms with Gasteiger partial charge in [0.05, 0.1) is 17.1 Å². The molecule has 1 N–H and O–H groups in total. The standard InChI is InChI=1S/C27H26Cl2N2O5S/c1-17-4-2-5-21(12-17)37(34,35)31-16-20(9-11-26(32)33)36-25-10-8-19(13-24(25)31)30-14-18(15-30)27-22(28)6-3-7-23(27)29/h2-8,10,12-13,18,20H,9,11,14-16H2,1H3,(H,32,33)/t20-/m0/s1. The van der Waals surface area contributed by atoms with Crippen LogP contribution >= 0.6 is 23.2 Å². The molecule has 0 aromatic heterocycles. The quantitative estimate of drug-likeness (QED) is 0.397. The summed E-state index contributed by atoms with van der Waals surface area (Å²) < 4.78 is 34.9. The van der Waals surface area contributed by atoms with Gasteiger partial charge in [-0.15, -0.1) is 0 Å². The number of sulfonamides is 1. The van der Waals surface area contributed by atoms with E-state index in [4.69, 9.17) is 33.0 Å². The number of rotatable bonds is 7. The van der Waals surface area contributed by atoms with E-state index in [-0.39, 0.29) is 30.2 Å². The van der Waals surface area contributed by atoms with Gasteiger partial charge in [0.1, 0.15) is 11.9 Å². The Balaban J connectivity index is 1.46. The van der Waals surface area contributed by atoms with Crippen molar-refractivity contribution in [1.82, 2.24) is 0 Å². The smallest absolute Gasteiger partial charge is 0.303 e. The Kier molecular flexibility index (Phi) is 7.00. The van der Waals surface area contributed by atoms with Crippen LogP contribution < -0.4 is 13.9 Å². The van der Waals surface area contributed by atoms with Crippen LogP contribution in [0.25, 0.3) is 0 Å². The van der Waals surface area contributed by atoms with Crippen LogP contribution in [0.2, 0.25) is 10.0 Å². The van der Waals surface area contributed by atoms with Crippen LogP contribution in [-0.4, -0.2) is 45.2 Å². The third-order valence-corrected chi connectivity index (χ3v) is 9.22. The van der Waals surface area contributed by atoms with E-state index in [0.29, 0.717) is 34.6 Å². The Morgan fingerprint density at radius 3 is 2.41 bits per heavy atom. The molecule has 0 saturated carbocycles. The van der Waals surface area contributed by atoms with Crippen LogP contribution in [0.15, 0.2) is 65.6 Å². The molecular weight excluding hydrogens is 535 g/mol. The van der Waals surface area contributed by atoms with Crippen LogP contribution in [0.5, 0.6) is 5.75 Å². The van der Waals surface area contributed by atoms with E-state index in [9.17, 15) is 13.2 Å². The Labute approximate surface area is 226 Å². The molecule has 0 radical (unpaired) electrons. The number of aryl methyl sites for hydroxylation is 1. The highest BCUT2D eigenvalue weighted by Gasteiger charge is 2.37. The average Bonchev–Trinajstić information content (AvgIpc) is 2.83. The van der Waals surface area contributed by atoms with Crippen LogP contribution in [0.1, 0.15) is 29.9 Å². The van der Waals surface area contributed by atoms with Gasteiger partial charge in [0.15, 0.2) is 0 Å². The molecule has 194 valence electrons. The van der Waals surface area contributed by atoms with E-state index >= 15 is 0 Å². The second-order valence-electron chi connectivity index (χ2n) is 9.41. The minimum Gasteiger partial charge on any atom is -0.486 e. The molecule has 5 rings (SSSR count). The number of anilines is 2. The Morgan fingerprint density at radius 2 is 1.73 bits per heavy atom. The Morgan fingerprint density at radius 1 is 1.03 bits per heavy atom. The molecule has 1 atom stereocenters. The van der Waals surface area contributed by atoms with E-state index in [0.717, 1.165) is 16.8 Å². The lowest BCUT2D eigenvalue weighted by Crippen LogP contribution is -2.46. The number of carbonyl (C=O) groups is 1. The summed E-state index contributed by atoms with van der Waals surface area (Å²) in [5, 5.41) is 10.4. The number of fused-ring (bicyclic) bond motifs is 1. The average molecular weight is 561 g/mol. The number of hydrogen-bond donors (Lipinski definition) is 1. The van der Waals surface area contributed by atoms with Gasteiger partial charge in [-0.25, -0.2) is 8.42 Å². The molecule has 0 amide bonds. The van der Waals surface area contributed by atoms with Gasteiger partial charge >= 0.3 is 5.97 Å². The highest BCUT2D eigenvalue weighted by Crippen LogP contribution is 2.44. The molecule has 10 heteroatoms.